The van der Waals surface area contributed by atoms with E-state index in [1.54, 1.807) is 6.07 Å². The van der Waals surface area contributed by atoms with E-state index in [-0.39, 0.29) is 11.2 Å². The minimum Gasteiger partial charge on any atom is -0.380 e. The molecule has 1 heterocycles. The average Bonchev–Trinajstić information content (AvgIpc) is 2.96. The molecule has 1 saturated heterocycles. The Hall–Kier alpha value is -0.930. The summed E-state index contributed by atoms with van der Waals surface area (Å²) in [6, 6.07) is 7.66. The number of nitrogens with one attached hydrogen (secondary N) is 1. The SMILES string of the molecule is Fc1cccc(C2(CN[C@H]3CCCOC3)CCCC2)c1. The van der Waals surface area contributed by atoms with Gasteiger partial charge in [-0.2, -0.15) is 0 Å². The minimum absolute atomic E-state index is 0.116. The fourth-order valence-electron chi connectivity index (χ4n) is 3.68. The molecule has 2 fully saturated rings. The molecule has 2 nitrogen and oxygen atoms in total. The summed E-state index contributed by atoms with van der Waals surface area (Å²) in [5.74, 6) is -0.116. The van der Waals surface area contributed by atoms with Crippen molar-refractivity contribution in [3.63, 3.8) is 0 Å². The van der Waals surface area contributed by atoms with Gasteiger partial charge in [0.2, 0.25) is 0 Å². The molecule has 1 N–H and O–H groups in total. The van der Waals surface area contributed by atoms with Gasteiger partial charge in [-0.25, -0.2) is 4.39 Å². The molecule has 0 radical (unpaired) electrons. The predicted molar refractivity (Wildman–Crippen MR) is 78.4 cm³/mol. The standard InChI is InChI=1S/C17H24FNO/c18-15-6-3-5-14(11-15)17(8-1-2-9-17)13-19-16-7-4-10-20-12-16/h3,5-6,11,16,19H,1-2,4,7-10,12-13H2/t16-/m0/s1. The first-order valence-electron chi connectivity index (χ1n) is 7.86. The van der Waals surface area contributed by atoms with Gasteiger partial charge in [0.05, 0.1) is 6.61 Å². The van der Waals surface area contributed by atoms with Gasteiger partial charge < -0.3 is 10.1 Å². The van der Waals surface area contributed by atoms with Crippen molar-refractivity contribution in [3.8, 4) is 0 Å². The van der Waals surface area contributed by atoms with Crippen molar-refractivity contribution in [2.24, 2.45) is 0 Å². The van der Waals surface area contributed by atoms with Crippen LogP contribution in [0.2, 0.25) is 0 Å². The predicted octanol–water partition coefficient (Wildman–Crippen LogP) is 3.41. The second-order valence-electron chi connectivity index (χ2n) is 6.29. The van der Waals surface area contributed by atoms with Crippen molar-refractivity contribution in [1.29, 1.82) is 0 Å². The Kier molecular flexibility index (Phi) is 4.37. The fourth-order valence-corrected chi connectivity index (χ4v) is 3.68. The van der Waals surface area contributed by atoms with Crippen LogP contribution in [-0.4, -0.2) is 25.8 Å². The van der Waals surface area contributed by atoms with Crippen molar-refractivity contribution in [2.75, 3.05) is 19.8 Å². The highest BCUT2D eigenvalue weighted by atomic mass is 19.1. The van der Waals surface area contributed by atoms with Crippen LogP contribution in [0.15, 0.2) is 24.3 Å². The Morgan fingerprint density at radius 1 is 1.25 bits per heavy atom. The van der Waals surface area contributed by atoms with E-state index in [1.165, 1.54) is 30.9 Å². The number of hydrogen-bond donors (Lipinski definition) is 1. The lowest BCUT2D eigenvalue weighted by atomic mass is 9.78. The summed E-state index contributed by atoms with van der Waals surface area (Å²) in [6.07, 6.45) is 7.16. The van der Waals surface area contributed by atoms with Crippen LogP contribution in [0.1, 0.15) is 44.1 Å². The van der Waals surface area contributed by atoms with E-state index in [2.05, 4.69) is 11.4 Å². The van der Waals surface area contributed by atoms with Gasteiger partial charge in [0, 0.05) is 24.6 Å². The molecule has 1 aromatic carbocycles. The van der Waals surface area contributed by atoms with Crippen molar-refractivity contribution >= 4 is 0 Å². The van der Waals surface area contributed by atoms with Crippen molar-refractivity contribution in [2.45, 2.75) is 50.0 Å². The first-order valence-corrected chi connectivity index (χ1v) is 7.86. The lowest BCUT2D eigenvalue weighted by Gasteiger charge is -2.33. The van der Waals surface area contributed by atoms with Crippen molar-refractivity contribution in [1.82, 2.24) is 5.32 Å². The molecule has 1 aliphatic heterocycles. The van der Waals surface area contributed by atoms with Crippen LogP contribution in [0.25, 0.3) is 0 Å². The molecule has 1 saturated carbocycles. The number of rotatable bonds is 4. The third-order valence-corrected chi connectivity index (χ3v) is 4.89. The van der Waals surface area contributed by atoms with Gasteiger partial charge in [0.25, 0.3) is 0 Å². The number of ether oxygens (including phenoxy) is 1. The molecule has 20 heavy (non-hydrogen) atoms. The van der Waals surface area contributed by atoms with E-state index < -0.39 is 0 Å². The van der Waals surface area contributed by atoms with Gasteiger partial charge in [-0.3, -0.25) is 0 Å². The van der Waals surface area contributed by atoms with Gasteiger partial charge in [-0.1, -0.05) is 25.0 Å². The number of halogens is 1. The van der Waals surface area contributed by atoms with Crippen LogP contribution in [0.3, 0.4) is 0 Å². The summed E-state index contributed by atoms with van der Waals surface area (Å²) in [5, 5.41) is 3.67. The third-order valence-electron chi connectivity index (χ3n) is 4.89. The topological polar surface area (TPSA) is 21.3 Å². The molecule has 0 spiro atoms. The molecule has 1 aliphatic carbocycles. The monoisotopic (exact) mass is 277 g/mol. The third kappa shape index (κ3) is 3.04. The molecule has 2 aliphatic rings. The Morgan fingerprint density at radius 3 is 2.80 bits per heavy atom. The highest BCUT2D eigenvalue weighted by Crippen LogP contribution is 2.41. The first-order chi connectivity index (χ1) is 9.78. The Labute approximate surface area is 120 Å². The molecular weight excluding hydrogens is 253 g/mol. The second-order valence-corrected chi connectivity index (χ2v) is 6.29. The molecule has 0 aromatic heterocycles. The first kappa shape index (κ1) is 14.0. The van der Waals surface area contributed by atoms with Crippen LogP contribution in [0.4, 0.5) is 4.39 Å². The smallest absolute Gasteiger partial charge is 0.123 e. The van der Waals surface area contributed by atoms with E-state index in [9.17, 15) is 4.39 Å². The Morgan fingerprint density at radius 2 is 2.10 bits per heavy atom. The van der Waals surface area contributed by atoms with Gasteiger partial charge in [-0.05, 0) is 43.4 Å². The zero-order valence-electron chi connectivity index (χ0n) is 12.0. The van der Waals surface area contributed by atoms with Crippen LogP contribution < -0.4 is 5.32 Å². The van der Waals surface area contributed by atoms with Crippen LogP contribution in [0, 0.1) is 5.82 Å². The molecule has 0 unspecified atom stereocenters. The van der Waals surface area contributed by atoms with E-state index in [0.29, 0.717) is 6.04 Å². The fraction of sp³-hybridized carbons (Fsp3) is 0.647. The van der Waals surface area contributed by atoms with Crippen molar-refractivity contribution < 1.29 is 9.13 Å². The maximum atomic E-state index is 13.5. The van der Waals surface area contributed by atoms with Gasteiger partial charge in [0.15, 0.2) is 0 Å². The maximum Gasteiger partial charge on any atom is 0.123 e. The van der Waals surface area contributed by atoms with E-state index in [1.807, 2.05) is 6.07 Å². The summed E-state index contributed by atoms with van der Waals surface area (Å²) < 4.78 is 19.1. The second kappa shape index (κ2) is 6.23. The summed E-state index contributed by atoms with van der Waals surface area (Å²) in [7, 11) is 0. The average molecular weight is 277 g/mol. The molecule has 0 amide bonds. The van der Waals surface area contributed by atoms with Crippen LogP contribution in [-0.2, 0) is 10.2 Å². The molecule has 0 bridgehead atoms. The highest BCUT2D eigenvalue weighted by Gasteiger charge is 2.36. The van der Waals surface area contributed by atoms with Gasteiger partial charge >= 0.3 is 0 Å². The summed E-state index contributed by atoms with van der Waals surface area (Å²) in [4.78, 5) is 0. The molecule has 1 atom stereocenters. The largest absolute Gasteiger partial charge is 0.380 e. The van der Waals surface area contributed by atoms with Crippen molar-refractivity contribution in [3.05, 3.63) is 35.6 Å². The van der Waals surface area contributed by atoms with Gasteiger partial charge in [0.1, 0.15) is 5.82 Å². The van der Waals surface area contributed by atoms with E-state index in [4.69, 9.17) is 4.74 Å². The van der Waals surface area contributed by atoms with E-state index >= 15 is 0 Å². The van der Waals surface area contributed by atoms with E-state index in [0.717, 1.165) is 39.0 Å². The van der Waals surface area contributed by atoms with Gasteiger partial charge in [-0.15, -0.1) is 0 Å². The zero-order valence-corrected chi connectivity index (χ0v) is 12.0. The summed E-state index contributed by atoms with van der Waals surface area (Å²) in [6.45, 7) is 2.66. The summed E-state index contributed by atoms with van der Waals surface area (Å²) in [5.41, 5.74) is 1.29. The zero-order chi connectivity index (χ0) is 13.8. The number of hydrogen-bond acceptors (Lipinski definition) is 2. The maximum absolute atomic E-state index is 13.5. The Bertz CT molecular complexity index is 436. The summed E-state index contributed by atoms with van der Waals surface area (Å²) >= 11 is 0. The molecule has 3 heteroatoms. The molecule has 1 aromatic rings. The molecular formula is C17H24FNO. The normalized spacial score (nSPS) is 25.8. The van der Waals surface area contributed by atoms with Crippen LogP contribution in [0.5, 0.6) is 0 Å². The quantitative estimate of drug-likeness (QED) is 0.910. The molecule has 3 rings (SSSR count). The number of benzene rings is 1. The lowest BCUT2D eigenvalue weighted by molar-refractivity contribution is 0.0682. The van der Waals surface area contributed by atoms with Crippen LogP contribution >= 0.6 is 0 Å². The molecule has 110 valence electrons. The highest BCUT2D eigenvalue weighted by molar-refractivity contribution is 5.28. The Balaban J connectivity index is 1.71. The lowest BCUT2D eigenvalue weighted by Crippen LogP contribution is -2.44. The minimum atomic E-state index is -0.116.